The molecule has 0 aliphatic heterocycles. The number of rotatable bonds is 5. The lowest BCUT2D eigenvalue weighted by Crippen LogP contribution is -2.00. The summed E-state index contributed by atoms with van der Waals surface area (Å²) in [6, 6.07) is 7.26. The molecule has 0 aliphatic rings. The van der Waals surface area contributed by atoms with Crippen LogP contribution in [0.1, 0.15) is 17.3 Å². The molecule has 0 aliphatic carbocycles. The van der Waals surface area contributed by atoms with E-state index in [0.29, 0.717) is 17.9 Å². The molecule has 1 rings (SSSR count). The normalized spacial score (nSPS) is 10.5. The highest BCUT2D eigenvalue weighted by molar-refractivity contribution is 9.09. The first-order chi connectivity index (χ1) is 7.25. The Labute approximate surface area is 98.1 Å². The highest BCUT2D eigenvalue weighted by Gasteiger charge is 2.05. The van der Waals surface area contributed by atoms with E-state index in [1.807, 2.05) is 24.3 Å². The summed E-state index contributed by atoms with van der Waals surface area (Å²) in [4.78, 5) is 11.2. The van der Waals surface area contributed by atoms with Gasteiger partial charge in [0.05, 0.1) is 5.56 Å². The number of para-hydroxylation sites is 1. The molecule has 0 heterocycles. The summed E-state index contributed by atoms with van der Waals surface area (Å²) in [6.07, 6.45) is 3.86. The van der Waals surface area contributed by atoms with Gasteiger partial charge in [0, 0.05) is 5.33 Å². The van der Waals surface area contributed by atoms with Gasteiger partial charge in [-0.15, -0.1) is 0 Å². The number of ether oxygens (including phenoxy) is 1. The number of hydrogen-bond donors (Lipinski definition) is 0. The highest BCUT2D eigenvalue weighted by atomic mass is 79.9. The minimum atomic E-state index is 0.0232. The molecular weight excluding hydrogens is 256 g/mol. The fourth-order valence-electron chi connectivity index (χ4n) is 1.15. The Bertz CT molecular complexity index is 358. The number of benzene rings is 1. The predicted octanol–water partition coefficient (Wildman–Crippen LogP) is 3.22. The van der Waals surface area contributed by atoms with Crippen molar-refractivity contribution in [1.82, 2.24) is 0 Å². The van der Waals surface area contributed by atoms with Gasteiger partial charge in [0.15, 0.2) is 5.78 Å². The minimum Gasteiger partial charge on any atom is -0.489 e. The van der Waals surface area contributed by atoms with Crippen LogP contribution < -0.4 is 4.74 Å². The molecule has 0 aromatic heterocycles. The molecule has 80 valence electrons. The van der Waals surface area contributed by atoms with Crippen LogP contribution in [0.4, 0.5) is 0 Å². The van der Waals surface area contributed by atoms with Crippen molar-refractivity contribution < 1.29 is 9.53 Å². The summed E-state index contributed by atoms with van der Waals surface area (Å²) in [5.74, 6) is 0.666. The number of alkyl halides is 1. The van der Waals surface area contributed by atoms with Crippen molar-refractivity contribution in [1.29, 1.82) is 0 Å². The second-order valence-corrected chi connectivity index (χ2v) is 3.64. The Kier molecular flexibility index (Phi) is 5.12. The monoisotopic (exact) mass is 268 g/mol. The van der Waals surface area contributed by atoms with E-state index in [4.69, 9.17) is 4.74 Å². The van der Waals surface area contributed by atoms with Crippen LogP contribution in [0.25, 0.3) is 0 Å². The van der Waals surface area contributed by atoms with Crippen LogP contribution in [0.2, 0.25) is 0 Å². The van der Waals surface area contributed by atoms with Gasteiger partial charge in [-0.3, -0.25) is 4.79 Å². The van der Waals surface area contributed by atoms with E-state index in [9.17, 15) is 4.79 Å². The van der Waals surface area contributed by atoms with Crippen molar-refractivity contribution in [2.24, 2.45) is 0 Å². The average Bonchev–Trinajstić information content (AvgIpc) is 2.25. The fraction of sp³-hybridized carbons (Fsp3) is 0.250. The average molecular weight is 269 g/mol. The molecule has 0 bridgehead atoms. The molecule has 0 saturated carbocycles. The van der Waals surface area contributed by atoms with Crippen molar-refractivity contribution in [3.8, 4) is 5.75 Å². The van der Waals surface area contributed by atoms with Crippen LogP contribution in [0, 0.1) is 0 Å². The van der Waals surface area contributed by atoms with Crippen molar-refractivity contribution >= 4 is 21.7 Å². The third kappa shape index (κ3) is 3.88. The van der Waals surface area contributed by atoms with Crippen LogP contribution in [-0.4, -0.2) is 17.7 Å². The summed E-state index contributed by atoms with van der Waals surface area (Å²) in [7, 11) is 0. The molecule has 0 atom stereocenters. The van der Waals surface area contributed by atoms with Crippen LogP contribution in [0.15, 0.2) is 36.4 Å². The van der Waals surface area contributed by atoms with Crippen LogP contribution in [0.5, 0.6) is 5.75 Å². The SMILES string of the molecule is CC(=O)c1ccccc1OCC=CCBr. The van der Waals surface area contributed by atoms with Gasteiger partial charge in [0.25, 0.3) is 0 Å². The Hall–Kier alpha value is -1.09. The molecule has 2 nitrogen and oxygen atoms in total. The molecule has 0 fully saturated rings. The molecule has 15 heavy (non-hydrogen) atoms. The van der Waals surface area contributed by atoms with Gasteiger partial charge in [-0.25, -0.2) is 0 Å². The molecule has 0 amide bonds. The lowest BCUT2D eigenvalue weighted by Gasteiger charge is -2.06. The lowest BCUT2D eigenvalue weighted by molar-refractivity contribution is 0.101. The molecular formula is C12H13BrO2. The first-order valence-corrected chi connectivity index (χ1v) is 5.81. The van der Waals surface area contributed by atoms with E-state index < -0.39 is 0 Å². The summed E-state index contributed by atoms with van der Waals surface area (Å²) >= 11 is 3.28. The van der Waals surface area contributed by atoms with E-state index in [1.54, 1.807) is 12.1 Å². The molecule has 3 heteroatoms. The predicted molar refractivity (Wildman–Crippen MR) is 64.9 cm³/mol. The van der Waals surface area contributed by atoms with Crippen molar-refractivity contribution in [2.45, 2.75) is 6.92 Å². The van der Waals surface area contributed by atoms with Gasteiger partial charge >= 0.3 is 0 Å². The second-order valence-electron chi connectivity index (χ2n) is 2.99. The van der Waals surface area contributed by atoms with Gasteiger partial charge in [0.2, 0.25) is 0 Å². The van der Waals surface area contributed by atoms with Crippen molar-refractivity contribution in [3.63, 3.8) is 0 Å². The Morgan fingerprint density at radius 1 is 1.40 bits per heavy atom. The molecule has 0 unspecified atom stereocenters. The van der Waals surface area contributed by atoms with Gasteiger partial charge < -0.3 is 4.74 Å². The van der Waals surface area contributed by atoms with E-state index in [-0.39, 0.29) is 5.78 Å². The number of ketones is 1. The van der Waals surface area contributed by atoms with Gasteiger partial charge in [-0.2, -0.15) is 0 Å². The van der Waals surface area contributed by atoms with Gasteiger partial charge in [-0.05, 0) is 19.1 Å². The quantitative estimate of drug-likeness (QED) is 0.466. The molecule has 1 aromatic rings. The third-order valence-electron chi connectivity index (χ3n) is 1.86. The zero-order valence-corrected chi connectivity index (χ0v) is 10.2. The number of allylic oxidation sites excluding steroid dienone is 1. The lowest BCUT2D eigenvalue weighted by atomic mass is 10.1. The highest BCUT2D eigenvalue weighted by Crippen LogP contribution is 2.18. The maximum Gasteiger partial charge on any atom is 0.163 e. The van der Waals surface area contributed by atoms with Gasteiger partial charge in [-0.1, -0.05) is 40.2 Å². The van der Waals surface area contributed by atoms with Crippen molar-refractivity contribution in [2.75, 3.05) is 11.9 Å². The summed E-state index contributed by atoms with van der Waals surface area (Å²) in [5, 5.41) is 0.810. The van der Waals surface area contributed by atoms with Crippen LogP contribution in [0.3, 0.4) is 0 Å². The smallest absolute Gasteiger partial charge is 0.163 e. The molecule has 0 radical (unpaired) electrons. The van der Waals surface area contributed by atoms with Crippen molar-refractivity contribution in [3.05, 3.63) is 42.0 Å². The maximum atomic E-state index is 11.2. The Morgan fingerprint density at radius 3 is 2.80 bits per heavy atom. The third-order valence-corrected chi connectivity index (χ3v) is 2.23. The summed E-state index contributed by atoms with van der Waals surface area (Å²) in [5.41, 5.74) is 0.629. The minimum absolute atomic E-state index is 0.0232. The topological polar surface area (TPSA) is 26.3 Å². The largest absolute Gasteiger partial charge is 0.489 e. The number of Topliss-reactive ketones (excluding diaryl/α,β-unsaturated/α-hetero) is 1. The molecule has 0 N–H and O–H groups in total. The first-order valence-electron chi connectivity index (χ1n) is 4.69. The summed E-state index contributed by atoms with van der Waals surface area (Å²) < 4.78 is 5.47. The van der Waals surface area contributed by atoms with E-state index >= 15 is 0 Å². The number of hydrogen-bond acceptors (Lipinski definition) is 2. The molecule has 0 spiro atoms. The number of carbonyl (C=O) groups excluding carboxylic acids is 1. The first kappa shape index (κ1) is 12.0. The standard InChI is InChI=1S/C12H13BrO2/c1-10(14)11-6-2-3-7-12(11)15-9-5-4-8-13/h2-7H,8-9H2,1H3. The summed E-state index contributed by atoms with van der Waals surface area (Å²) in [6.45, 7) is 2.02. The fourth-order valence-corrected chi connectivity index (χ4v) is 1.42. The van der Waals surface area contributed by atoms with E-state index in [1.165, 1.54) is 6.92 Å². The Balaban J connectivity index is 2.67. The zero-order valence-electron chi connectivity index (χ0n) is 8.57. The number of carbonyl (C=O) groups is 1. The van der Waals surface area contributed by atoms with Crippen LogP contribution >= 0.6 is 15.9 Å². The van der Waals surface area contributed by atoms with Gasteiger partial charge in [0.1, 0.15) is 12.4 Å². The van der Waals surface area contributed by atoms with E-state index in [2.05, 4.69) is 15.9 Å². The second kappa shape index (κ2) is 6.40. The maximum absolute atomic E-state index is 11.2. The van der Waals surface area contributed by atoms with Crippen LogP contribution in [-0.2, 0) is 0 Å². The Morgan fingerprint density at radius 2 is 2.13 bits per heavy atom. The number of halogens is 1. The molecule has 1 aromatic carbocycles. The van der Waals surface area contributed by atoms with E-state index in [0.717, 1.165) is 5.33 Å². The molecule has 0 saturated heterocycles. The zero-order chi connectivity index (χ0) is 11.1.